The number of aromatic nitrogens is 2. The Bertz CT molecular complexity index is 1190. The quantitative estimate of drug-likeness (QED) is 0.137. The molecule has 2 rings (SSSR count). The van der Waals surface area contributed by atoms with Gasteiger partial charge in [0, 0.05) is 18.7 Å². The summed E-state index contributed by atoms with van der Waals surface area (Å²) in [6.45, 7) is 18.1. The van der Waals surface area contributed by atoms with Gasteiger partial charge in [-0.1, -0.05) is 75.1 Å². The summed E-state index contributed by atoms with van der Waals surface area (Å²) < 4.78 is 5.98. The Hall–Kier alpha value is -3.93. The van der Waals surface area contributed by atoms with Crippen LogP contribution in [0.2, 0.25) is 0 Å². The third-order valence-electron chi connectivity index (χ3n) is 6.14. The van der Waals surface area contributed by atoms with Gasteiger partial charge >= 0.3 is 0 Å². The van der Waals surface area contributed by atoms with Gasteiger partial charge in [0.1, 0.15) is 11.8 Å². The van der Waals surface area contributed by atoms with Crippen LogP contribution >= 0.6 is 0 Å². The van der Waals surface area contributed by atoms with Crippen molar-refractivity contribution in [1.29, 1.82) is 5.41 Å². The van der Waals surface area contributed by atoms with E-state index in [0.29, 0.717) is 24.4 Å². The number of hydrogen-bond donors (Lipinski definition) is 2. The molecule has 2 N–H and O–H groups in total. The first-order valence-electron chi connectivity index (χ1n) is 12.7. The fraction of sp³-hybridized carbons (Fsp3) is 0.323. The van der Waals surface area contributed by atoms with E-state index in [1.807, 2.05) is 57.2 Å². The Balaban J connectivity index is 2.31. The first-order chi connectivity index (χ1) is 17.8. The van der Waals surface area contributed by atoms with E-state index >= 15 is 0 Å². The highest BCUT2D eigenvalue weighted by atomic mass is 16.5. The standard InChI is InChI=1S/C31H40N4O2/c1-8-12-13-17-25(10-3)28(11-4)37-24(7)31(36)35-19-18-27-29(34-21-33-27)30(35)26(32)20-23(6)16-14-15-22(5)9-2/h8,11-17,20-21,30,32H,1,7,9-10,18-19H2,2-6H3,(H,33,34)/b13-12-,16-14-,22-15-,23-20+,25-17+,28-11?,32-26?. The van der Waals surface area contributed by atoms with Crippen LogP contribution in [-0.2, 0) is 16.0 Å². The molecule has 0 saturated carbocycles. The molecule has 0 fully saturated rings. The minimum atomic E-state index is -0.634. The Kier molecular flexibility index (Phi) is 11.6. The van der Waals surface area contributed by atoms with Gasteiger partial charge in [0.25, 0.3) is 5.91 Å². The second-order valence-electron chi connectivity index (χ2n) is 8.83. The first kappa shape index (κ1) is 29.3. The van der Waals surface area contributed by atoms with Gasteiger partial charge in [-0.05, 0) is 56.9 Å². The van der Waals surface area contributed by atoms with Crippen LogP contribution in [0.1, 0.15) is 64.9 Å². The zero-order chi connectivity index (χ0) is 27.4. The maximum Gasteiger partial charge on any atom is 0.289 e. The highest BCUT2D eigenvalue weighted by Gasteiger charge is 2.36. The molecular formula is C31H40N4O2. The summed E-state index contributed by atoms with van der Waals surface area (Å²) in [5, 5.41) is 8.89. The van der Waals surface area contributed by atoms with Crippen molar-refractivity contribution in [2.45, 2.75) is 59.9 Å². The molecule has 0 aliphatic carbocycles. The maximum atomic E-state index is 13.6. The van der Waals surface area contributed by atoms with Crippen molar-refractivity contribution in [3.05, 3.63) is 114 Å². The van der Waals surface area contributed by atoms with Crippen LogP contribution in [0.5, 0.6) is 0 Å². The molecule has 2 heterocycles. The molecule has 37 heavy (non-hydrogen) atoms. The highest BCUT2D eigenvalue weighted by molar-refractivity contribution is 6.02. The van der Waals surface area contributed by atoms with Gasteiger partial charge in [0.2, 0.25) is 0 Å². The van der Waals surface area contributed by atoms with E-state index in [0.717, 1.165) is 29.7 Å². The molecule has 0 aromatic carbocycles. The maximum absolute atomic E-state index is 13.6. The van der Waals surface area contributed by atoms with Crippen LogP contribution in [0, 0.1) is 5.41 Å². The van der Waals surface area contributed by atoms with E-state index in [1.165, 1.54) is 5.57 Å². The van der Waals surface area contributed by atoms with E-state index < -0.39 is 6.04 Å². The van der Waals surface area contributed by atoms with Crippen molar-refractivity contribution in [2.24, 2.45) is 0 Å². The number of hydrogen-bond acceptors (Lipinski definition) is 4. The number of nitrogens with zero attached hydrogens (tertiary/aromatic N) is 2. The average molecular weight is 501 g/mol. The number of carbonyl (C=O) groups is 1. The van der Waals surface area contributed by atoms with Crippen LogP contribution in [0.15, 0.2) is 102 Å². The molecule has 0 bridgehead atoms. The lowest BCUT2D eigenvalue weighted by atomic mass is 9.96. The molecular weight excluding hydrogens is 460 g/mol. The molecule has 0 radical (unpaired) electrons. The normalized spacial score (nSPS) is 17.3. The third-order valence-corrected chi connectivity index (χ3v) is 6.14. The van der Waals surface area contributed by atoms with E-state index in [4.69, 9.17) is 10.1 Å². The van der Waals surface area contributed by atoms with E-state index in [-0.39, 0.29) is 17.4 Å². The monoisotopic (exact) mass is 500 g/mol. The Morgan fingerprint density at radius 2 is 2.00 bits per heavy atom. The van der Waals surface area contributed by atoms with Crippen LogP contribution < -0.4 is 0 Å². The number of imidazole rings is 1. The number of rotatable bonds is 12. The molecule has 1 aromatic rings. The molecule has 1 aliphatic rings. The molecule has 0 saturated heterocycles. The summed E-state index contributed by atoms with van der Waals surface area (Å²) in [5.41, 5.74) is 5.03. The predicted octanol–water partition coefficient (Wildman–Crippen LogP) is 7.23. The number of fused-ring (bicyclic) bond motifs is 1. The Labute approximate surface area is 221 Å². The Morgan fingerprint density at radius 1 is 1.24 bits per heavy atom. The molecule has 1 aromatic heterocycles. The van der Waals surface area contributed by atoms with Crippen molar-refractivity contribution in [3.63, 3.8) is 0 Å². The fourth-order valence-electron chi connectivity index (χ4n) is 3.94. The van der Waals surface area contributed by atoms with Crippen molar-refractivity contribution < 1.29 is 9.53 Å². The Morgan fingerprint density at radius 3 is 2.65 bits per heavy atom. The lowest BCUT2D eigenvalue weighted by Crippen LogP contribution is -2.44. The molecule has 6 heteroatoms. The second-order valence-corrected chi connectivity index (χ2v) is 8.83. The molecule has 196 valence electrons. The SMILES string of the molecule is C=C/C=C\C=C(/CC)C(=CC)OC(=C)C(=O)N1CCc2[nH]cnc2C1C(=N)/C=C(C)/C=C\C=C(\C)CC. The molecule has 1 aliphatic heterocycles. The minimum absolute atomic E-state index is 0.0118. The number of allylic oxidation sites excluding steroid dienone is 11. The van der Waals surface area contributed by atoms with Crippen LogP contribution in [0.4, 0.5) is 0 Å². The van der Waals surface area contributed by atoms with Crippen LogP contribution in [0.3, 0.4) is 0 Å². The van der Waals surface area contributed by atoms with Gasteiger partial charge in [0.15, 0.2) is 5.76 Å². The minimum Gasteiger partial charge on any atom is -0.452 e. The summed E-state index contributed by atoms with van der Waals surface area (Å²) >= 11 is 0. The fourth-order valence-corrected chi connectivity index (χ4v) is 3.94. The molecule has 6 nitrogen and oxygen atoms in total. The first-order valence-corrected chi connectivity index (χ1v) is 12.7. The summed E-state index contributed by atoms with van der Waals surface area (Å²) in [6, 6.07) is -0.634. The van der Waals surface area contributed by atoms with Crippen molar-refractivity contribution in [2.75, 3.05) is 6.54 Å². The van der Waals surface area contributed by atoms with Gasteiger partial charge in [-0.25, -0.2) is 4.98 Å². The zero-order valence-electron chi connectivity index (χ0n) is 22.8. The van der Waals surface area contributed by atoms with Crippen LogP contribution in [0.25, 0.3) is 0 Å². The van der Waals surface area contributed by atoms with Crippen molar-refractivity contribution in [1.82, 2.24) is 14.9 Å². The number of carbonyl (C=O) groups excluding carboxylic acids is 1. The lowest BCUT2D eigenvalue weighted by Gasteiger charge is -2.35. The summed E-state index contributed by atoms with van der Waals surface area (Å²) in [7, 11) is 0. The van der Waals surface area contributed by atoms with Gasteiger partial charge in [-0.15, -0.1) is 0 Å². The lowest BCUT2D eigenvalue weighted by molar-refractivity contribution is -0.131. The highest BCUT2D eigenvalue weighted by Crippen LogP contribution is 2.31. The predicted molar refractivity (Wildman–Crippen MR) is 153 cm³/mol. The van der Waals surface area contributed by atoms with E-state index in [1.54, 1.807) is 23.4 Å². The topological polar surface area (TPSA) is 82.1 Å². The van der Waals surface area contributed by atoms with Gasteiger partial charge in [-0.2, -0.15) is 0 Å². The molecule has 1 unspecified atom stereocenters. The largest absolute Gasteiger partial charge is 0.452 e. The second kappa shape index (κ2) is 14.6. The van der Waals surface area contributed by atoms with Crippen molar-refractivity contribution >= 4 is 11.6 Å². The summed E-state index contributed by atoms with van der Waals surface area (Å²) in [5.74, 6) is 0.232. The third kappa shape index (κ3) is 8.04. The van der Waals surface area contributed by atoms with Crippen molar-refractivity contribution in [3.8, 4) is 0 Å². The number of H-pyrrole nitrogens is 1. The van der Waals surface area contributed by atoms with Gasteiger partial charge < -0.3 is 20.0 Å². The van der Waals surface area contributed by atoms with E-state index in [9.17, 15) is 4.79 Å². The number of aromatic amines is 1. The summed E-state index contributed by atoms with van der Waals surface area (Å²) in [4.78, 5) is 22.8. The summed E-state index contributed by atoms with van der Waals surface area (Å²) in [6.07, 6.45) is 20.9. The molecule has 1 atom stereocenters. The smallest absolute Gasteiger partial charge is 0.289 e. The molecule has 0 spiro atoms. The average Bonchev–Trinajstić information content (AvgIpc) is 3.37. The van der Waals surface area contributed by atoms with Crippen LogP contribution in [-0.4, -0.2) is 33.0 Å². The zero-order valence-corrected chi connectivity index (χ0v) is 22.8. The van der Waals surface area contributed by atoms with Gasteiger partial charge in [0.05, 0.1) is 17.7 Å². The number of amides is 1. The van der Waals surface area contributed by atoms with E-state index in [2.05, 4.69) is 43.0 Å². The molecule has 1 amide bonds. The number of nitrogens with one attached hydrogen (secondary N) is 2. The van der Waals surface area contributed by atoms with Gasteiger partial charge in [-0.3, -0.25) is 4.79 Å². The number of ether oxygens (including phenoxy) is 1.